The highest BCUT2D eigenvalue weighted by atomic mass is 35.5. The lowest BCUT2D eigenvalue weighted by Gasteiger charge is -2.35. The number of halogens is 2. The van der Waals surface area contributed by atoms with Crippen LogP contribution in [0.15, 0.2) is 18.2 Å². The first kappa shape index (κ1) is 15.1. The molecule has 6 heteroatoms. The molecule has 108 valence electrons. The van der Waals surface area contributed by atoms with Crippen LogP contribution in [0, 0.1) is 11.8 Å². The second-order valence-electron chi connectivity index (χ2n) is 5.06. The molecule has 1 aromatic carbocycles. The first-order chi connectivity index (χ1) is 9.41. The maximum atomic E-state index is 12.5. The number of nitrogens with zero attached hydrogens (tertiary/aromatic N) is 1. The average Bonchev–Trinajstić information content (AvgIpc) is 2.37. The van der Waals surface area contributed by atoms with E-state index in [0.717, 1.165) is 0 Å². The van der Waals surface area contributed by atoms with Gasteiger partial charge in [0.05, 0.1) is 21.5 Å². The molecule has 1 heterocycles. The minimum absolute atomic E-state index is 0.0912. The zero-order valence-corrected chi connectivity index (χ0v) is 12.5. The first-order valence-corrected chi connectivity index (χ1v) is 7.13. The Morgan fingerprint density at radius 1 is 1.30 bits per heavy atom. The number of amides is 1. The zero-order valence-electron chi connectivity index (χ0n) is 11.0. The van der Waals surface area contributed by atoms with E-state index in [2.05, 4.69) is 0 Å². The summed E-state index contributed by atoms with van der Waals surface area (Å²) in [6.45, 7) is 2.64. The molecular weight excluding hydrogens is 301 g/mol. The van der Waals surface area contributed by atoms with Gasteiger partial charge in [-0.05, 0) is 24.5 Å². The number of hydrogen-bond acceptors (Lipinski definition) is 2. The van der Waals surface area contributed by atoms with Gasteiger partial charge in [-0.1, -0.05) is 36.2 Å². The fraction of sp³-hybridized carbons (Fsp3) is 0.429. The minimum atomic E-state index is -0.805. The van der Waals surface area contributed by atoms with E-state index in [9.17, 15) is 9.59 Å². The minimum Gasteiger partial charge on any atom is -0.481 e. The summed E-state index contributed by atoms with van der Waals surface area (Å²) in [6, 6.07) is 4.92. The van der Waals surface area contributed by atoms with Crippen LogP contribution >= 0.6 is 23.2 Å². The topological polar surface area (TPSA) is 57.6 Å². The Labute approximate surface area is 127 Å². The lowest BCUT2D eigenvalue weighted by molar-refractivity contribution is -0.145. The molecule has 1 amide bonds. The molecule has 1 N–H and O–H groups in total. The van der Waals surface area contributed by atoms with Gasteiger partial charge in [-0.25, -0.2) is 0 Å². The van der Waals surface area contributed by atoms with Crippen molar-refractivity contribution in [2.75, 3.05) is 13.1 Å². The number of carbonyl (C=O) groups excluding carboxylic acids is 1. The summed E-state index contributed by atoms with van der Waals surface area (Å²) in [5.74, 6) is -1.54. The van der Waals surface area contributed by atoms with E-state index < -0.39 is 11.9 Å². The summed E-state index contributed by atoms with van der Waals surface area (Å²) < 4.78 is 0. The van der Waals surface area contributed by atoms with Gasteiger partial charge < -0.3 is 10.0 Å². The van der Waals surface area contributed by atoms with Gasteiger partial charge in [0.25, 0.3) is 5.91 Å². The number of carboxylic acids is 1. The smallest absolute Gasteiger partial charge is 0.306 e. The number of carboxylic acid groups (broad SMARTS) is 1. The van der Waals surface area contributed by atoms with Gasteiger partial charge in [-0.3, -0.25) is 9.59 Å². The summed E-state index contributed by atoms with van der Waals surface area (Å²) in [5, 5.41) is 9.72. The predicted octanol–water partition coefficient (Wildman–Crippen LogP) is 3.18. The van der Waals surface area contributed by atoms with Gasteiger partial charge in [0.1, 0.15) is 0 Å². The monoisotopic (exact) mass is 315 g/mol. The van der Waals surface area contributed by atoms with Crippen molar-refractivity contribution in [3.05, 3.63) is 33.8 Å². The van der Waals surface area contributed by atoms with E-state index in [1.165, 1.54) is 0 Å². The number of carbonyl (C=O) groups is 2. The van der Waals surface area contributed by atoms with Crippen LogP contribution in [-0.2, 0) is 4.79 Å². The Balaban J connectivity index is 2.18. The van der Waals surface area contributed by atoms with Crippen LogP contribution in [0.25, 0.3) is 0 Å². The number of hydrogen-bond donors (Lipinski definition) is 1. The van der Waals surface area contributed by atoms with Crippen LogP contribution in [0.3, 0.4) is 0 Å². The molecule has 20 heavy (non-hydrogen) atoms. The Morgan fingerprint density at radius 2 is 1.90 bits per heavy atom. The third kappa shape index (κ3) is 2.91. The molecule has 1 aromatic rings. The summed E-state index contributed by atoms with van der Waals surface area (Å²) in [5.41, 5.74) is 0.289. The highest BCUT2D eigenvalue weighted by Crippen LogP contribution is 2.29. The van der Waals surface area contributed by atoms with Crippen LogP contribution in [-0.4, -0.2) is 35.0 Å². The molecule has 2 unspecified atom stereocenters. The van der Waals surface area contributed by atoms with Crippen LogP contribution in [0.4, 0.5) is 0 Å². The predicted molar refractivity (Wildman–Crippen MR) is 77.3 cm³/mol. The average molecular weight is 316 g/mol. The Morgan fingerprint density at radius 3 is 2.40 bits per heavy atom. The molecule has 1 fully saturated rings. The van der Waals surface area contributed by atoms with Gasteiger partial charge in [0, 0.05) is 13.1 Å². The quantitative estimate of drug-likeness (QED) is 0.912. The molecule has 1 aliphatic heterocycles. The van der Waals surface area contributed by atoms with Crippen molar-refractivity contribution in [3.63, 3.8) is 0 Å². The lowest BCUT2D eigenvalue weighted by Crippen LogP contribution is -2.45. The second kappa shape index (κ2) is 6.02. The molecule has 0 bridgehead atoms. The third-order valence-electron chi connectivity index (χ3n) is 3.69. The Kier molecular flexibility index (Phi) is 4.55. The Bertz CT molecular complexity index is 527. The highest BCUT2D eigenvalue weighted by molar-refractivity contribution is 6.39. The molecule has 1 aliphatic rings. The number of rotatable bonds is 2. The van der Waals surface area contributed by atoms with Crippen molar-refractivity contribution in [2.45, 2.75) is 13.3 Å². The van der Waals surface area contributed by atoms with Crippen molar-refractivity contribution in [2.24, 2.45) is 11.8 Å². The van der Waals surface area contributed by atoms with Crippen LogP contribution in [0.2, 0.25) is 10.0 Å². The van der Waals surface area contributed by atoms with E-state index >= 15 is 0 Å². The summed E-state index contributed by atoms with van der Waals surface area (Å²) in [7, 11) is 0. The number of benzene rings is 1. The van der Waals surface area contributed by atoms with Crippen molar-refractivity contribution >= 4 is 35.1 Å². The fourth-order valence-electron chi connectivity index (χ4n) is 2.56. The highest BCUT2D eigenvalue weighted by Gasteiger charge is 2.34. The van der Waals surface area contributed by atoms with Crippen LogP contribution in [0.1, 0.15) is 23.7 Å². The van der Waals surface area contributed by atoms with Crippen molar-refractivity contribution < 1.29 is 14.7 Å². The van der Waals surface area contributed by atoms with E-state index in [1.807, 2.05) is 6.92 Å². The molecule has 0 saturated carbocycles. The summed E-state index contributed by atoms with van der Waals surface area (Å²) >= 11 is 12.1. The normalized spacial score (nSPS) is 22.6. The number of likely N-dealkylation sites (tertiary alicyclic amines) is 1. The van der Waals surface area contributed by atoms with Crippen molar-refractivity contribution in [3.8, 4) is 0 Å². The molecule has 1 saturated heterocycles. The first-order valence-electron chi connectivity index (χ1n) is 6.38. The largest absolute Gasteiger partial charge is 0.481 e. The zero-order chi connectivity index (χ0) is 14.9. The SMILES string of the molecule is CC1CN(C(=O)c2c(Cl)cccc2Cl)CCC1C(=O)O. The maximum absolute atomic E-state index is 12.5. The van der Waals surface area contributed by atoms with Crippen molar-refractivity contribution in [1.29, 1.82) is 0 Å². The fourth-order valence-corrected chi connectivity index (χ4v) is 3.12. The molecule has 0 radical (unpaired) electrons. The molecule has 0 aromatic heterocycles. The number of piperidine rings is 1. The molecule has 2 atom stereocenters. The molecule has 0 aliphatic carbocycles. The van der Waals surface area contributed by atoms with Crippen molar-refractivity contribution in [1.82, 2.24) is 4.90 Å². The maximum Gasteiger partial charge on any atom is 0.306 e. The molecule has 2 rings (SSSR count). The van der Waals surface area contributed by atoms with Gasteiger partial charge in [0.2, 0.25) is 0 Å². The van der Waals surface area contributed by atoms with E-state index in [1.54, 1.807) is 23.1 Å². The van der Waals surface area contributed by atoms with Crippen LogP contribution < -0.4 is 0 Å². The second-order valence-corrected chi connectivity index (χ2v) is 5.87. The number of aliphatic carboxylic acids is 1. The third-order valence-corrected chi connectivity index (χ3v) is 4.32. The molecule has 4 nitrogen and oxygen atoms in total. The summed E-state index contributed by atoms with van der Waals surface area (Å²) in [4.78, 5) is 25.2. The molecular formula is C14H15Cl2NO3. The molecule has 0 spiro atoms. The lowest BCUT2D eigenvalue weighted by atomic mass is 9.87. The van der Waals surface area contributed by atoms with E-state index in [-0.39, 0.29) is 17.4 Å². The van der Waals surface area contributed by atoms with Gasteiger partial charge >= 0.3 is 5.97 Å². The van der Waals surface area contributed by atoms with E-state index in [0.29, 0.717) is 29.6 Å². The van der Waals surface area contributed by atoms with Gasteiger partial charge in [-0.15, -0.1) is 0 Å². The van der Waals surface area contributed by atoms with Gasteiger partial charge in [0.15, 0.2) is 0 Å². The summed E-state index contributed by atoms with van der Waals surface area (Å²) in [6.07, 6.45) is 0.449. The van der Waals surface area contributed by atoms with Gasteiger partial charge in [-0.2, -0.15) is 0 Å². The standard InChI is InChI=1S/C14H15Cl2NO3/c1-8-7-17(6-5-9(8)14(19)20)13(18)12-10(15)3-2-4-11(12)16/h2-4,8-9H,5-7H2,1H3,(H,19,20). The Hall–Kier alpha value is -1.26. The van der Waals surface area contributed by atoms with E-state index in [4.69, 9.17) is 28.3 Å². The van der Waals surface area contributed by atoms with Crippen LogP contribution in [0.5, 0.6) is 0 Å².